The molecule has 0 spiro atoms. The van der Waals surface area contributed by atoms with Gasteiger partial charge in [0.25, 0.3) is 0 Å². The number of hydrogen-bond acceptors (Lipinski definition) is 4. The van der Waals surface area contributed by atoms with E-state index in [1.165, 1.54) is 5.56 Å². The topological polar surface area (TPSA) is 67.4 Å². The third kappa shape index (κ3) is 3.56. The van der Waals surface area contributed by atoms with Crippen LogP contribution in [0.5, 0.6) is 0 Å². The smallest absolute Gasteiger partial charge is 0.240 e. The highest BCUT2D eigenvalue weighted by molar-refractivity contribution is 7.89. The first kappa shape index (κ1) is 14.8. The van der Waals surface area contributed by atoms with Crippen molar-refractivity contribution >= 4 is 15.7 Å². The number of rotatable bonds is 4. The quantitative estimate of drug-likeness (QED) is 0.889. The van der Waals surface area contributed by atoms with E-state index in [-0.39, 0.29) is 0 Å². The molecule has 0 amide bonds. The Bertz CT molecular complexity index is 595. The minimum atomic E-state index is -3.42. The first-order valence-electron chi connectivity index (χ1n) is 7.59. The van der Waals surface area contributed by atoms with E-state index in [4.69, 9.17) is 4.74 Å². The summed E-state index contributed by atoms with van der Waals surface area (Å²) >= 11 is 0. The van der Waals surface area contributed by atoms with E-state index >= 15 is 0 Å². The van der Waals surface area contributed by atoms with Crippen molar-refractivity contribution in [3.8, 4) is 0 Å². The number of sulfonamides is 1. The Hall–Kier alpha value is -1.11. The largest absolute Gasteiger partial charge is 0.385 e. The zero-order chi connectivity index (χ0) is 14.7. The van der Waals surface area contributed by atoms with Gasteiger partial charge in [0.1, 0.15) is 0 Å². The molecule has 2 heterocycles. The lowest BCUT2D eigenvalue weighted by atomic mass is 10.0. The van der Waals surface area contributed by atoms with E-state index < -0.39 is 10.0 Å². The predicted molar refractivity (Wildman–Crippen MR) is 82.0 cm³/mol. The summed E-state index contributed by atoms with van der Waals surface area (Å²) in [5.41, 5.74) is 2.15. The van der Waals surface area contributed by atoms with Crippen molar-refractivity contribution in [2.75, 3.05) is 31.6 Å². The van der Waals surface area contributed by atoms with Gasteiger partial charge in [-0.2, -0.15) is 0 Å². The Kier molecular flexibility index (Phi) is 4.47. The van der Waals surface area contributed by atoms with Crippen molar-refractivity contribution in [1.29, 1.82) is 0 Å². The van der Waals surface area contributed by atoms with Gasteiger partial charge >= 0.3 is 0 Å². The minimum absolute atomic E-state index is 0.350. The van der Waals surface area contributed by atoms with Crippen LogP contribution in [0.15, 0.2) is 23.1 Å². The first-order chi connectivity index (χ1) is 10.1. The van der Waals surface area contributed by atoms with E-state index in [1.54, 1.807) is 12.1 Å². The third-order valence-electron chi connectivity index (χ3n) is 4.23. The molecule has 1 aromatic rings. The monoisotopic (exact) mass is 310 g/mol. The van der Waals surface area contributed by atoms with Crippen LogP contribution in [0.2, 0.25) is 0 Å². The third-order valence-corrected chi connectivity index (χ3v) is 5.65. The standard InChI is InChI=1S/C15H22N2O3S/c18-21(19,17-11-12-5-8-20-9-6-12)14-4-3-13-2-1-7-16-15(13)10-14/h3-4,10,12,16-17H,1-2,5-9,11H2. The lowest BCUT2D eigenvalue weighted by Gasteiger charge is -2.22. The number of ether oxygens (including phenoxy) is 1. The molecule has 3 rings (SSSR count). The first-order valence-corrected chi connectivity index (χ1v) is 9.08. The molecule has 1 fully saturated rings. The molecule has 2 aliphatic rings. The maximum Gasteiger partial charge on any atom is 0.240 e. The number of nitrogens with one attached hydrogen (secondary N) is 2. The molecule has 6 heteroatoms. The van der Waals surface area contributed by atoms with E-state index in [0.717, 1.165) is 51.1 Å². The van der Waals surface area contributed by atoms with E-state index in [2.05, 4.69) is 10.0 Å². The van der Waals surface area contributed by atoms with Crippen molar-refractivity contribution in [2.45, 2.75) is 30.6 Å². The average Bonchev–Trinajstić information content (AvgIpc) is 2.53. The van der Waals surface area contributed by atoms with Crippen LogP contribution >= 0.6 is 0 Å². The molecule has 0 saturated carbocycles. The van der Waals surface area contributed by atoms with Gasteiger partial charge in [-0.25, -0.2) is 13.1 Å². The van der Waals surface area contributed by atoms with Crippen molar-refractivity contribution in [1.82, 2.24) is 4.72 Å². The van der Waals surface area contributed by atoms with Gasteiger partial charge in [0.2, 0.25) is 10.0 Å². The minimum Gasteiger partial charge on any atom is -0.385 e. The summed E-state index contributed by atoms with van der Waals surface area (Å²) in [6.45, 7) is 2.87. The molecule has 1 saturated heterocycles. The van der Waals surface area contributed by atoms with Gasteiger partial charge < -0.3 is 10.1 Å². The van der Waals surface area contributed by atoms with Gasteiger partial charge in [0.05, 0.1) is 4.90 Å². The van der Waals surface area contributed by atoms with Gasteiger partial charge in [-0.15, -0.1) is 0 Å². The second-order valence-electron chi connectivity index (χ2n) is 5.76. The fraction of sp³-hybridized carbons (Fsp3) is 0.600. The zero-order valence-electron chi connectivity index (χ0n) is 12.1. The predicted octanol–water partition coefficient (Wildman–Crippen LogP) is 1.75. The molecule has 0 unspecified atom stereocenters. The van der Waals surface area contributed by atoms with Crippen LogP contribution in [0.1, 0.15) is 24.8 Å². The lowest BCUT2D eigenvalue weighted by molar-refractivity contribution is 0.0678. The molecule has 0 aliphatic carbocycles. The SMILES string of the molecule is O=S(=O)(NCC1CCOCC1)c1ccc2c(c1)NCCC2. The summed E-state index contributed by atoms with van der Waals surface area (Å²) in [5, 5.41) is 3.27. The van der Waals surface area contributed by atoms with Gasteiger partial charge in [0, 0.05) is 32.0 Å². The highest BCUT2D eigenvalue weighted by Gasteiger charge is 2.20. The zero-order valence-corrected chi connectivity index (χ0v) is 12.9. The molecule has 2 N–H and O–H groups in total. The summed E-state index contributed by atoms with van der Waals surface area (Å²) in [6.07, 6.45) is 3.96. The van der Waals surface area contributed by atoms with Gasteiger partial charge in [-0.3, -0.25) is 0 Å². The molecule has 1 aromatic carbocycles. The van der Waals surface area contributed by atoms with Gasteiger partial charge in [-0.05, 0) is 49.3 Å². The van der Waals surface area contributed by atoms with Gasteiger partial charge in [0.15, 0.2) is 0 Å². The van der Waals surface area contributed by atoms with E-state index in [1.807, 2.05) is 6.07 Å². The highest BCUT2D eigenvalue weighted by Crippen LogP contribution is 2.25. The summed E-state index contributed by atoms with van der Waals surface area (Å²) in [5.74, 6) is 0.379. The second-order valence-corrected chi connectivity index (χ2v) is 7.52. The van der Waals surface area contributed by atoms with Crippen molar-refractivity contribution in [3.05, 3.63) is 23.8 Å². The van der Waals surface area contributed by atoms with Crippen LogP contribution in [0.25, 0.3) is 0 Å². The second kappa shape index (κ2) is 6.34. The average molecular weight is 310 g/mol. The number of hydrogen-bond donors (Lipinski definition) is 2. The number of fused-ring (bicyclic) bond motifs is 1. The Morgan fingerprint density at radius 1 is 1.29 bits per heavy atom. The van der Waals surface area contributed by atoms with E-state index in [9.17, 15) is 8.42 Å². The Morgan fingerprint density at radius 2 is 2.10 bits per heavy atom. The van der Waals surface area contributed by atoms with Crippen LogP contribution in [0, 0.1) is 5.92 Å². The molecular formula is C15H22N2O3S. The van der Waals surface area contributed by atoms with Crippen LogP contribution in [-0.2, 0) is 21.2 Å². The van der Waals surface area contributed by atoms with Crippen LogP contribution < -0.4 is 10.0 Å². The lowest BCUT2D eigenvalue weighted by Crippen LogP contribution is -2.32. The molecule has 2 aliphatic heterocycles. The van der Waals surface area contributed by atoms with Gasteiger partial charge in [-0.1, -0.05) is 6.07 Å². The number of anilines is 1. The fourth-order valence-electron chi connectivity index (χ4n) is 2.87. The van der Waals surface area contributed by atoms with Crippen molar-refractivity contribution < 1.29 is 13.2 Å². The molecule has 0 atom stereocenters. The normalized spacial score (nSPS) is 19.8. The maximum atomic E-state index is 12.4. The Morgan fingerprint density at radius 3 is 2.90 bits per heavy atom. The number of aryl methyl sites for hydroxylation is 1. The summed E-state index contributed by atoms with van der Waals surface area (Å²) in [6, 6.07) is 5.38. The molecule has 21 heavy (non-hydrogen) atoms. The maximum absolute atomic E-state index is 12.4. The summed E-state index contributed by atoms with van der Waals surface area (Å²) in [7, 11) is -3.42. The van der Waals surface area contributed by atoms with Crippen LogP contribution in [-0.4, -0.2) is 34.7 Å². The Labute approximate surface area is 126 Å². The Balaban J connectivity index is 1.69. The van der Waals surface area contributed by atoms with Crippen molar-refractivity contribution in [3.63, 3.8) is 0 Å². The molecule has 0 aromatic heterocycles. The molecule has 0 bridgehead atoms. The van der Waals surface area contributed by atoms with Crippen LogP contribution in [0.4, 0.5) is 5.69 Å². The molecule has 116 valence electrons. The van der Waals surface area contributed by atoms with E-state index in [0.29, 0.717) is 17.4 Å². The molecular weight excluding hydrogens is 288 g/mol. The van der Waals surface area contributed by atoms with Crippen LogP contribution in [0.3, 0.4) is 0 Å². The molecule has 0 radical (unpaired) electrons. The summed E-state index contributed by atoms with van der Waals surface area (Å²) < 4.78 is 32.8. The van der Waals surface area contributed by atoms with Crippen molar-refractivity contribution in [2.24, 2.45) is 5.92 Å². The highest BCUT2D eigenvalue weighted by atomic mass is 32.2. The molecule has 5 nitrogen and oxygen atoms in total. The summed E-state index contributed by atoms with van der Waals surface area (Å²) in [4.78, 5) is 0.350. The number of benzene rings is 1. The fourth-order valence-corrected chi connectivity index (χ4v) is 4.01.